The second-order valence-electron chi connectivity index (χ2n) is 4.84. The van der Waals surface area contributed by atoms with Crippen LogP contribution in [0, 0.1) is 11.3 Å². The smallest absolute Gasteiger partial charge is 0.220 e. The maximum Gasteiger partial charge on any atom is 0.220 e. The predicted molar refractivity (Wildman–Crippen MR) is 71.7 cm³/mol. The van der Waals surface area contributed by atoms with E-state index in [1.165, 1.54) is 0 Å². The number of carbonyl (C=O) groups is 1. The molecule has 19 heavy (non-hydrogen) atoms. The molecule has 1 amide bonds. The predicted octanol–water partition coefficient (Wildman–Crippen LogP) is 2.36. The lowest BCUT2D eigenvalue weighted by Gasteiger charge is -2.10. The molecule has 0 bridgehead atoms. The Balaban J connectivity index is 1.87. The standard InChI is InChI=1S/C15H18N2O2/c1-19-14-7-2-11(3-8-14)12(10-16)4-9-15(18)17-13-5-6-13/h2-3,7-8,12-13H,4-6,9H2,1H3,(H,17,18). The van der Waals surface area contributed by atoms with Crippen LogP contribution in [-0.2, 0) is 4.79 Å². The molecule has 1 N–H and O–H groups in total. The van der Waals surface area contributed by atoms with Gasteiger partial charge in [0, 0.05) is 12.5 Å². The van der Waals surface area contributed by atoms with Gasteiger partial charge in [0.05, 0.1) is 19.1 Å². The summed E-state index contributed by atoms with van der Waals surface area (Å²) in [7, 11) is 1.61. The van der Waals surface area contributed by atoms with E-state index in [0.29, 0.717) is 18.9 Å². The summed E-state index contributed by atoms with van der Waals surface area (Å²) < 4.78 is 5.08. The number of carbonyl (C=O) groups excluding carboxylic acids is 1. The van der Waals surface area contributed by atoms with E-state index in [1.54, 1.807) is 7.11 Å². The van der Waals surface area contributed by atoms with Crippen molar-refractivity contribution in [2.45, 2.75) is 37.6 Å². The van der Waals surface area contributed by atoms with Crippen LogP contribution in [0.5, 0.6) is 5.75 Å². The summed E-state index contributed by atoms with van der Waals surface area (Å²) >= 11 is 0. The average molecular weight is 258 g/mol. The summed E-state index contributed by atoms with van der Waals surface area (Å²) in [6.07, 6.45) is 3.14. The van der Waals surface area contributed by atoms with Gasteiger partial charge >= 0.3 is 0 Å². The molecule has 0 saturated heterocycles. The molecule has 1 aromatic carbocycles. The highest BCUT2D eigenvalue weighted by molar-refractivity contribution is 5.76. The number of hydrogen-bond acceptors (Lipinski definition) is 3. The monoisotopic (exact) mass is 258 g/mol. The van der Waals surface area contributed by atoms with Crippen LogP contribution < -0.4 is 10.1 Å². The largest absolute Gasteiger partial charge is 0.497 e. The number of nitrogens with one attached hydrogen (secondary N) is 1. The number of rotatable bonds is 6. The zero-order valence-corrected chi connectivity index (χ0v) is 11.1. The van der Waals surface area contributed by atoms with E-state index in [-0.39, 0.29) is 11.8 Å². The zero-order chi connectivity index (χ0) is 13.7. The Kier molecular flexibility index (Phi) is 4.40. The Morgan fingerprint density at radius 2 is 2.16 bits per heavy atom. The first kappa shape index (κ1) is 13.4. The fraction of sp³-hybridized carbons (Fsp3) is 0.467. The Labute approximate surface area is 113 Å². The second-order valence-corrected chi connectivity index (χ2v) is 4.84. The minimum absolute atomic E-state index is 0.0521. The Bertz CT molecular complexity index is 472. The number of ether oxygens (including phenoxy) is 1. The fourth-order valence-electron chi connectivity index (χ4n) is 1.94. The molecule has 0 radical (unpaired) electrons. The topological polar surface area (TPSA) is 62.1 Å². The highest BCUT2D eigenvalue weighted by Gasteiger charge is 2.23. The number of amides is 1. The molecule has 0 aliphatic heterocycles. The van der Waals surface area contributed by atoms with Gasteiger partial charge < -0.3 is 10.1 Å². The van der Waals surface area contributed by atoms with E-state index >= 15 is 0 Å². The van der Waals surface area contributed by atoms with Crippen molar-refractivity contribution in [1.29, 1.82) is 5.26 Å². The van der Waals surface area contributed by atoms with Gasteiger partial charge in [0.2, 0.25) is 5.91 Å². The number of methoxy groups -OCH3 is 1. The molecule has 4 heteroatoms. The van der Waals surface area contributed by atoms with E-state index in [0.717, 1.165) is 24.2 Å². The SMILES string of the molecule is COc1ccc(C(C#N)CCC(=O)NC2CC2)cc1. The molecule has 1 saturated carbocycles. The molecule has 0 heterocycles. The van der Waals surface area contributed by atoms with Crippen LogP contribution >= 0.6 is 0 Å². The number of hydrogen-bond donors (Lipinski definition) is 1. The molecule has 1 fully saturated rings. The first-order valence-corrected chi connectivity index (χ1v) is 6.56. The molecule has 1 unspecified atom stereocenters. The quantitative estimate of drug-likeness (QED) is 0.852. The van der Waals surface area contributed by atoms with E-state index in [2.05, 4.69) is 11.4 Å². The van der Waals surface area contributed by atoms with Gasteiger partial charge in [-0.2, -0.15) is 5.26 Å². The summed E-state index contributed by atoms with van der Waals surface area (Å²) in [6, 6.07) is 10.1. The minimum atomic E-state index is -0.240. The number of nitriles is 1. The molecule has 1 atom stereocenters. The van der Waals surface area contributed by atoms with E-state index in [9.17, 15) is 10.1 Å². The summed E-state index contributed by atoms with van der Waals surface area (Å²) in [6.45, 7) is 0. The third-order valence-electron chi connectivity index (χ3n) is 3.28. The first-order valence-electron chi connectivity index (χ1n) is 6.56. The third kappa shape index (κ3) is 3.99. The Hall–Kier alpha value is -2.02. The summed E-state index contributed by atoms with van der Waals surface area (Å²) in [4.78, 5) is 11.6. The van der Waals surface area contributed by atoms with Crippen molar-refractivity contribution in [2.24, 2.45) is 0 Å². The molecule has 2 rings (SSSR count). The van der Waals surface area contributed by atoms with Gasteiger partial charge in [-0.3, -0.25) is 4.79 Å². The molecule has 1 aliphatic carbocycles. The van der Waals surface area contributed by atoms with Gasteiger partial charge in [0.25, 0.3) is 0 Å². The van der Waals surface area contributed by atoms with Gasteiger partial charge in [-0.15, -0.1) is 0 Å². The van der Waals surface area contributed by atoms with E-state index in [4.69, 9.17) is 4.74 Å². The lowest BCUT2D eigenvalue weighted by Crippen LogP contribution is -2.25. The number of nitrogens with zero attached hydrogens (tertiary/aromatic N) is 1. The minimum Gasteiger partial charge on any atom is -0.497 e. The van der Waals surface area contributed by atoms with Crippen LogP contribution in [0.15, 0.2) is 24.3 Å². The molecule has 1 aromatic rings. The molecule has 0 aromatic heterocycles. The van der Waals surface area contributed by atoms with Crippen molar-refractivity contribution in [3.63, 3.8) is 0 Å². The van der Waals surface area contributed by atoms with Crippen LogP contribution in [0.4, 0.5) is 0 Å². The van der Waals surface area contributed by atoms with E-state index in [1.807, 2.05) is 24.3 Å². The zero-order valence-electron chi connectivity index (χ0n) is 11.1. The summed E-state index contributed by atoms with van der Waals surface area (Å²) in [5.41, 5.74) is 0.933. The highest BCUT2D eigenvalue weighted by Crippen LogP contribution is 2.24. The van der Waals surface area contributed by atoms with Crippen molar-refractivity contribution < 1.29 is 9.53 Å². The Morgan fingerprint density at radius 3 is 2.68 bits per heavy atom. The van der Waals surface area contributed by atoms with Crippen LogP contribution in [0.1, 0.15) is 37.2 Å². The van der Waals surface area contributed by atoms with Crippen LogP contribution in [0.25, 0.3) is 0 Å². The average Bonchev–Trinajstić information content (AvgIpc) is 3.24. The second kappa shape index (κ2) is 6.24. The third-order valence-corrected chi connectivity index (χ3v) is 3.28. The molecule has 0 spiro atoms. The lowest BCUT2D eigenvalue weighted by atomic mass is 9.95. The van der Waals surface area contributed by atoms with Crippen molar-refractivity contribution in [1.82, 2.24) is 5.32 Å². The fourth-order valence-corrected chi connectivity index (χ4v) is 1.94. The summed E-state index contributed by atoms with van der Waals surface area (Å²) in [5, 5.41) is 12.1. The van der Waals surface area contributed by atoms with Crippen molar-refractivity contribution in [3.05, 3.63) is 29.8 Å². The van der Waals surface area contributed by atoms with Crippen LogP contribution in [-0.4, -0.2) is 19.1 Å². The van der Waals surface area contributed by atoms with Crippen molar-refractivity contribution >= 4 is 5.91 Å². The molecule has 4 nitrogen and oxygen atoms in total. The van der Waals surface area contributed by atoms with Gasteiger partial charge in [0.15, 0.2) is 0 Å². The van der Waals surface area contributed by atoms with Gasteiger partial charge in [-0.05, 0) is 37.0 Å². The maximum absolute atomic E-state index is 11.6. The lowest BCUT2D eigenvalue weighted by molar-refractivity contribution is -0.121. The van der Waals surface area contributed by atoms with Crippen molar-refractivity contribution in [3.8, 4) is 11.8 Å². The Morgan fingerprint density at radius 1 is 1.47 bits per heavy atom. The maximum atomic E-state index is 11.6. The van der Waals surface area contributed by atoms with Gasteiger partial charge in [-0.1, -0.05) is 12.1 Å². The first-order chi connectivity index (χ1) is 9.22. The molecular weight excluding hydrogens is 240 g/mol. The van der Waals surface area contributed by atoms with Gasteiger partial charge in [0.1, 0.15) is 5.75 Å². The van der Waals surface area contributed by atoms with Crippen LogP contribution in [0.2, 0.25) is 0 Å². The molecule has 100 valence electrons. The molecule has 1 aliphatic rings. The van der Waals surface area contributed by atoms with Crippen molar-refractivity contribution in [2.75, 3.05) is 7.11 Å². The van der Waals surface area contributed by atoms with Gasteiger partial charge in [-0.25, -0.2) is 0 Å². The van der Waals surface area contributed by atoms with Crippen LogP contribution in [0.3, 0.4) is 0 Å². The highest BCUT2D eigenvalue weighted by atomic mass is 16.5. The molecular formula is C15H18N2O2. The number of benzene rings is 1. The van der Waals surface area contributed by atoms with E-state index < -0.39 is 0 Å². The normalized spacial score (nSPS) is 15.4. The summed E-state index contributed by atoms with van der Waals surface area (Å²) in [5.74, 6) is 0.582.